The number of carbonyl (C=O) groups is 1. The number of thiophene rings is 1. The predicted molar refractivity (Wildman–Crippen MR) is 103 cm³/mol. The average Bonchev–Trinajstić information content (AvgIpc) is 3.11. The van der Waals surface area contributed by atoms with E-state index in [0.29, 0.717) is 11.4 Å². The Labute approximate surface area is 158 Å². The summed E-state index contributed by atoms with van der Waals surface area (Å²) in [6.45, 7) is 4.26. The van der Waals surface area contributed by atoms with Crippen LogP contribution in [0, 0.1) is 0 Å². The normalized spacial score (nSPS) is 16.1. The van der Waals surface area contributed by atoms with Gasteiger partial charge in [-0.2, -0.15) is 0 Å². The van der Waals surface area contributed by atoms with Crippen LogP contribution in [0.2, 0.25) is 0 Å². The highest BCUT2D eigenvalue weighted by Crippen LogP contribution is 2.21. The Hall–Kier alpha value is -1.74. The molecule has 0 unspecified atom stereocenters. The van der Waals surface area contributed by atoms with Crippen LogP contribution < -0.4 is 10.0 Å². The molecule has 2 heterocycles. The van der Waals surface area contributed by atoms with Gasteiger partial charge in [-0.3, -0.25) is 9.69 Å². The molecule has 0 saturated carbocycles. The average molecular weight is 394 g/mol. The minimum absolute atomic E-state index is 0.136. The van der Waals surface area contributed by atoms with Crippen LogP contribution in [0.3, 0.4) is 0 Å². The first-order valence-electron chi connectivity index (χ1n) is 8.51. The fourth-order valence-electron chi connectivity index (χ4n) is 3.17. The quantitative estimate of drug-likeness (QED) is 0.785. The number of carbonyl (C=O) groups excluding carboxylic acids is 1. The Bertz CT molecular complexity index is 893. The Balaban J connectivity index is 1.61. The summed E-state index contributed by atoms with van der Waals surface area (Å²) in [5.41, 5.74) is 2.68. The largest absolute Gasteiger partial charge is 0.354 e. The molecule has 1 aromatic carbocycles. The second-order valence-electron chi connectivity index (χ2n) is 6.50. The number of hydrogen-bond donors (Lipinski definition) is 2. The molecule has 1 aromatic heterocycles. The number of nitrogens with zero attached hydrogens (tertiary/aromatic N) is 1. The highest BCUT2D eigenvalue weighted by Gasteiger charge is 2.23. The van der Waals surface area contributed by atoms with Gasteiger partial charge < -0.3 is 5.32 Å². The van der Waals surface area contributed by atoms with Crippen LogP contribution in [0.5, 0.6) is 0 Å². The zero-order valence-corrected chi connectivity index (χ0v) is 16.5. The lowest BCUT2D eigenvalue weighted by Crippen LogP contribution is -2.43. The molecular weight excluding hydrogens is 370 g/mol. The standard InChI is InChI=1S/C18H23N3O3S2/c1-13(10-21-8-7-14-5-3-4-6-15(14)11-21)20-26(23,24)16-9-17(25-12-16)18(22)19-2/h3-6,9,12-13,20H,7-8,10-11H2,1-2H3,(H,19,22)/t13-/m0/s1. The lowest BCUT2D eigenvalue weighted by molar-refractivity contribution is 0.0967. The molecule has 1 aliphatic heterocycles. The highest BCUT2D eigenvalue weighted by atomic mass is 32.2. The van der Waals surface area contributed by atoms with Crippen molar-refractivity contribution in [3.05, 3.63) is 51.7 Å². The first-order chi connectivity index (χ1) is 12.4. The Kier molecular flexibility index (Phi) is 5.76. The second-order valence-corrected chi connectivity index (χ2v) is 9.13. The van der Waals surface area contributed by atoms with E-state index in [4.69, 9.17) is 0 Å². The van der Waals surface area contributed by atoms with E-state index in [1.54, 1.807) is 0 Å². The fraction of sp³-hybridized carbons (Fsp3) is 0.389. The minimum atomic E-state index is -3.64. The first kappa shape index (κ1) is 19.0. The number of benzene rings is 1. The van der Waals surface area contributed by atoms with Crippen molar-refractivity contribution in [3.63, 3.8) is 0 Å². The molecule has 2 aromatic rings. The fourth-order valence-corrected chi connectivity index (χ4v) is 5.62. The molecule has 140 valence electrons. The topological polar surface area (TPSA) is 78.5 Å². The molecule has 0 spiro atoms. The smallest absolute Gasteiger partial charge is 0.261 e. The molecular formula is C18H23N3O3S2. The molecule has 2 N–H and O–H groups in total. The second kappa shape index (κ2) is 7.87. The summed E-state index contributed by atoms with van der Waals surface area (Å²) in [6.07, 6.45) is 0.982. The van der Waals surface area contributed by atoms with Gasteiger partial charge in [0.15, 0.2) is 0 Å². The van der Waals surface area contributed by atoms with Gasteiger partial charge in [-0.25, -0.2) is 13.1 Å². The summed E-state index contributed by atoms with van der Waals surface area (Å²) in [7, 11) is -2.12. The number of amides is 1. The molecule has 0 fully saturated rings. The third kappa shape index (κ3) is 4.32. The zero-order valence-electron chi connectivity index (χ0n) is 14.9. The van der Waals surface area contributed by atoms with Crippen molar-refractivity contribution in [1.82, 2.24) is 14.9 Å². The Morgan fingerprint density at radius 1 is 1.31 bits per heavy atom. The summed E-state index contributed by atoms with van der Waals surface area (Å²) in [6, 6.07) is 9.55. The number of rotatable bonds is 6. The van der Waals surface area contributed by atoms with Gasteiger partial charge in [0.1, 0.15) is 0 Å². The Morgan fingerprint density at radius 2 is 2.04 bits per heavy atom. The van der Waals surface area contributed by atoms with Crippen LogP contribution in [0.4, 0.5) is 0 Å². The maximum Gasteiger partial charge on any atom is 0.261 e. The van der Waals surface area contributed by atoms with Crippen LogP contribution >= 0.6 is 11.3 Å². The van der Waals surface area contributed by atoms with E-state index in [2.05, 4.69) is 33.1 Å². The van der Waals surface area contributed by atoms with E-state index in [0.717, 1.165) is 30.8 Å². The first-order valence-corrected chi connectivity index (χ1v) is 10.9. The van der Waals surface area contributed by atoms with Crippen LogP contribution in [0.1, 0.15) is 27.7 Å². The van der Waals surface area contributed by atoms with E-state index >= 15 is 0 Å². The molecule has 3 rings (SSSR count). The lowest BCUT2D eigenvalue weighted by Gasteiger charge is -2.30. The van der Waals surface area contributed by atoms with Gasteiger partial charge in [-0.15, -0.1) is 11.3 Å². The monoisotopic (exact) mass is 393 g/mol. The predicted octanol–water partition coefficient (Wildman–Crippen LogP) is 1.83. The van der Waals surface area contributed by atoms with E-state index in [1.807, 2.05) is 13.0 Å². The molecule has 8 heteroatoms. The Morgan fingerprint density at radius 3 is 2.77 bits per heavy atom. The van der Waals surface area contributed by atoms with Crippen LogP contribution in [-0.4, -0.2) is 45.4 Å². The number of hydrogen-bond acceptors (Lipinski definition) is 5. The molecule has 0 bridgehead atoms. The molecule has 0 saturated heterocycles. The summed E-state index contributed by atoms with van der Waals surface area (Å²) in [5.74, 6) is -0.281. The molecule has 0 radical (unpaired) electrons. The molecule has 26 heavy (non-hydrogen) atoms. The van der Waals surface area contributed by atoms with Gasteiger partial charge in [-0.1, -0.05) is 24.3 Å². The van der Waals surface area contributed by atoms with Gasteiger partial charge in [-0.05, 0) is 30.5 Å². The highest BCUT2D eigenvalue weighted by molar-refractivity contribution is 7.89. The van der Waals surface area contributed by atoms with Crippen molar-refractivity contribution in [2.45, 2.75) is 30.8 Å². The molecule has 1 aliphatic rings. The van der Waals surface area contributed by atoms with Gasteiger partial charge in [0.05, 0.1) is 9.77 Å². The van der Waals surface area contributed by atoms with Gasteiger partial charge in [0.2, 0.25) is 10.0 Å². The van der Waals surface area contributed by atoms with Gasteiger partial charge in [0.25, 0.3) is 5.91 Å². The lowest BCUT2D eigenvalue weighted by atomic mass is 10.00. The SMILES string of the molecule is CNC(=O)c1cc(S(=O)(=O)N[C@@H](C)CN2CCc3ccccc3C2)cs1. The van der Waals surface area contributed by atoms with Crippen molar-refractivity contribution in [2.24, 2.45) is 0 Å². The molecule has 1 atom stereocenters. The van der Waals surface area contributed by atoms with Crippen molar-refractivity contribution >= 4 is 27.3 Å². The van der Waals surface area contributed by atoms with Crippen molar-refractivity contribution in [1.29, 1.82) is 0 Å². The van der Waals surface area contributed by atoms with E-state index < -0.39 is 10.0 Å². The number of sulfonamides is 1. The van der Waals surface area contributed by atoms with Crippen LogP contribution in [0.25, 0.3) is 0 Å². The molecule has 1 amide bonds. The summed E-state index contributed by atoms with van der Waals surface area (Å²) < 4.78 is 27.8. The molecule has 0 aliphatic carbocycles. The van der Waals surface area contributed by atoms with Crippen molar-refractivity contribution < 1.29 is 13.2 Å². The molecule has 6 nitrogen and oxygen atoms in total. The summed E-state index contributed by atoms with van der Waals surface area (Å²) in [5, 5.41) is 4.00. The van der Waals surface area contributed by atoms with Crippen LogP contribution in [-0.2, 0) is 23.0 Å². The van der Waals surface area contributed by atoms with E-state index in [9.17, 15) is 13.2 Å². The maximum absolute atomic E-state index is 12.6. The van der Waals surface area contributed by atoms with E-state index in [-0.39, 0.29) is 16.8 Å². The maximum atomic E-state index is 12.6. The van der Waals surface area contributed by atoms with Gasteiger partial charge >= 0.3 is 0 Å². The minimum Gasteiger partial charge on any atom is -0.354 e. The number of nitrogens with one attached hydrogen (secondary N) is 2. The van der Waals surface area contributed by atoms with Gasteiger partial charge in [0, 0.05) is 38.1 Å². The third-order valence-corrected chi connectivity index (χ3v) is 7.08. The van der Waals surface area contributed by atoms with E-state index in [1.165, 1.54) is 29.6 Å². The third-order valence-electron chi connectivity index (χ3n) is 4.43. The zero-order chi connectivity index (χ0) is 18.7. The summed E-state index contributed by atoms with van der Waals surface area (Å²) in [4.78, 5) is 14.4. The van der Waals surface area contributed by atoms with Crippen molar-refractivity contribution in [3.8, 4) is 0 Å². The van der Waals surface area contributed by atoms with Crippen molar-refractivity contribution in [2.75, 3.05) is 20.1 Å². The summed E-state index contributed by atoms with van der Waals surface area (Å²) >= 11 is 1.12. The number of fused-ring (bicyclic) bond motifs is 1. The van der Waals surface area contributed by atoms with Crippen LogP contribution in [0.15, 0.2) is 40.6 Å².